The highest BCUT2D eigenvalue weighted by Gasteiger charge is 2.30. The summed E-state index contributed by atoms with van der Waals surface area (Å²) < 4.78 is 1.88. The average molecular weight is 334 g/mol. The standard InChI is InChI=1S/C16H20ClN5O/c1-10-6-13(17)4-5-14(10)20-15(23)8-21-11(2)7-12(3)22-16(21)18-9-19-22/h4-6,9,11-12H,7-8H2,1-3H3,(H,20,23)/t11-,12+/m1/s1. The van der Waals surface area contributed by atoms with Crippen LogP contribution in [0.25, 0.3) is 0 Å². The van der Waals surface area contributed by atoms with Crippen LogP contribution in [0, 0.1) is 6.92 Å². The van der Waals surface area contributed by atoms with Gasteiger partial charge in [-0.05, 0) is 51.0 Å². The molecule has 2 aromatic rings. The van der Waals surface area contributed by atoms with Crippen LogP contribution in [0.5, 0.6) is 0 Å². The molecular formula is C16H20ClN5O. The molecule has 23 heavy (non-hydrogen) atoms. The first kappa shape index (κ1) is 15.8. The van der Waals surface area contributed by atoms with E-state index < -0.39 is 0 Å². The van der Waals surface area contributed by atoms with Gasteiger partial charge in [0.1, 0.15) is 12.9 Å². The average Bonchev–Trinajstić information content (AvgIpc) is 2.96. The van der Waals surface area contributed by atoms with E-state index in [1.165, 1.54) is 6.33 Å². The Bertz CT molecular complexity index is 729. The minimum absolute atomic E-state index is 0.0774. The Hall–Kier alpha value is -2.08. The number of rotatable bonds is 3. The third-order valence-electron chi connectivity index (χ3n) is 4.22. The summed E-state index contributed by atoms with van der Waals surface area (Å²) in [6.07, 6.45) is 2.47. The zero-order chi connectivity index (χ0) is 16.6. The van der Waals surface area contributed by atoms with Gasteiger partial charge in [0.15, 0.2) is 0 Å². The SMILES string of the molecule is Cc1cc(Cl)ccc1NC(=O)CN1c2ncnn2[C@@H](C)C[C@H]1C. The zero-order valence-electron chi connectivity index (χ0n) is 13.5. The molecule has 0 radical (unpaired) electrons. The highest BCUT2D eigenvalue weighted by Crippen LogP contribution is 2.29. The zero-order valence-corrected chi connectivity index (χ0v) is 14.2. The highest BCUT2D eigenvalue weighted by atomic mass is 35.5. The third-order valence-corrected chi connectivity index (χ3v) is 4.45. The molecule has 2 heterocycles. The van der Waals surface area contributed by atoms with Crippen LogP contribution in [0.1, 0.15) is 31.9 Å². The summed E-state index contributed by atoms with van der Waals surface area (Å²) in [7, 11) is 0. The number of halogens is 1. The van der Waals surface area contributed by atoms with Gasteiger partial charge < -0.3 is 10.2 Å². The molecule has 0 unspecified atom stereocenters. The summed E-state index contributed by atoms with van der Waals surface area (Å²) >= 11 is 5.95. The van der Waals surface area contributed by atoms with E-state index in [0.717, 1.165) is 23.6 Å². The maximum Gasteiger partial charge on any atom is 0.244 e. The number of carbonyl (C=O) groups excluding carboxylic acids is 1. The normalized spacial score (nSPS) is 20.3. The molecule has 1 N–H and O–H groups in total. The van der Waals surface area contributed by atoms with Crippen molar-refractivity contribution in [3.63, 3.8) is 0 Å². The number of nitrogens with zero attached hydrogens (tertiary/aromatic N) is 4. The predicted molar refractivity (Wildman–Crippen MR) is 91.0 cm³/mol. The van der Waals surface area contributed by atoms with Gasteiger partial charge in [0.25, 0.3) is 0 Å². The van der Waals surface area contributed by atoms with E-state index in [2.05, 4.69) is 29.2 Å². The van der Waals surface area contributed by atoms with Gasteiger partial charge in [0, 0.05) is 16.8 Å². The summed E-state index contributed by atoms with van der Waals surface area (Å²) in [6, 6.07) is 5.95. The topological polar surface area (TPSA) is 63.1 Å². The number of amides is 1. The van der Waals surface area contributed by atoms with Crippen molar-refractivity contribution in [3.05, 3.63) is 35.1 Å². The largest absolute Gasteiger partial charge is 0.329 e. The Morgan fingerprint density at radius 1 is 1.39 bits per heavy atom. The van der Waals surface area contributed by atoms with Gasteiger partial charge in [0.05, 0.1) is 6.04 Å². The second-order valence-corrected chi connectivity index (χ2v) is 6.51. The van der Waals surface area contributed by atoms with Gasteiger partial charge in [-0.15, -0.1) is 0 Å². The molecule has 122 valence electrons. The fraction of sp³-hybridized carbons (Fsp3) is 0.438. The van der Waals surface area contributed by atoms with Crippen LogP contribution in [0.3, 0.4) is 0 Å². The number of nitrogens with one attached hydrogen (secondary N) is 1. The quantitative estimate of drug-likeness (QED) is 0.937. The van der Waals surface area contributed by atoms with Crippen molar-refractivity contribution >= 4 is 29.1 Å². The number of fused-ring (bicyclic) bond motifs is 1. The number of hydrogen-bond donors (Lipinski definition) is 1. The number of benzene rings is 1. The Morgan fingerprint density at radius 2 is 2.17 bits per heavy atom. The van der Waals surface area contributed by atoms with E-state index in [1.54, 1.807) is 6.07 Å². The van der Waals surface area contributed by atoms with Crippen LogP contribution in [-0.4, -0.2) is 33.3 Å². The van der Waals surface area contributed by atoms with E-state index in [4.69, 9.17) is 11.6 Å². The van der Waals surface area contributed by atoms with Gasteiger partial charge in [-0.3, -0.25) is 4.79 Å². The van der Waals surface area contributed by atoms with Crippen LogP contribution in [0.2, 0.25) is 5.02 Å². The second-order valence-electron chi connectivity index (χ2n) is 6.07. The number of aryl methyl sites for hydroxylation is 1. The summed E-state index contributed by atoms with van der Waals surface area (Å²) in [5, 5.41) is 7.86. The Morgan fingerprint density at radius 3 is 2.91 bits per heavy atom. The van der Waals surface area contributed by atoms with Gasteiger partial charge >= 0.3 is 0 Å². The van der Waals surface area contributed by atoms with Crippen LogP contribution in [-0.2, 0) is 4.79 Å². The molecule has 2 atom stereocenters. The van der Waals surface area contributed by atoms with Crippen LogP contribution in [0.15, 0.2) is 24.5 Å². The predicted octanol–water partition coefficient (Wildman–Crippen LogP) is 3.04. The van der Waals surface area contributed by atoms with Gasteiger partial charge in [-0.1, -0.05) is 11.6 Å². The lowest BCUT2D eigenvalue weighted by molar-refractivity contribution is -0.115. The third kappa shape index (κ3) is 3.17. The molecule has 1 aliphatic rings. The molecule has 6 nitrogen and oxygen atoms in total. The van der Waals surface area contributed by atoms with Crippen molar-refractivity contribution in [2.75, 3.05) is 16.8 Å². The van der Waals surface area contributed by atoms with Crippen molar-refractivity contribution < 1.29 is 4.79 Å². The van der Waals surface area contributed by atoms with Crippen molar-refractivity contribution in [1.82, 2.24) is 14.8 Å². The van der Waals surface area contributed by atoms with Crippen molar-refractivity contribution in [2.24, 2.45) is 0 Å². The van der Waals surface area contributed by atoms with Crippen molar-refractivity contribution in [2.45, 2.75) is 39.3 Å². The lowest BCUT2D eigenvalue weighted by atomic mass is 10.1. The molecule has 3 rings (SSSR count). The molecule has 0 aliphatic carbocycles. The van der Waals surface area contributed by atoms with E-state index >= 15 is 0 Å². The van der Waals surface area contributed by atoms with E-state index in [9.17, 15) is 4.79 Å². The first-order valence-electron chi connectivity index (χ1n) is 7.68. The molecular weight excluding hydrogens is 314 g/mol. The van der Waals surface area contributed by atoms with Gasteiger partial charge in [-0.25, -0.2) is 4.68 Å². The maximum absolute atomic E-state index is 12.4. The lowest BCUT2D eigenvalue weighted by Crippen LogP contribution is -2.45. The summed E-state index contributed by atoms with van der Waals surface area (Å²) in [6.45, 7) is 6.39. The molecule has 1 aromatic carbocycles. The molecule has 0 saturated heterocycles. The summed E-state index contributed by atoms with van der Waals surface area (Å²) in [5.74, 6) is 0.672. The highest BCUT2D eigenvalue weighted by molar-refractivity contribution is 6.30. The smallest absolute Gasteiger partial charge is 0.244 e. The van der Waals surface area contributed by atoms with E-state index in [1.807, 2.05) is 28.6 Å². The number of anilines is 2. The molecule has 0 saturated carbocycles. The fourth-order valence-corrected chi connectivity index (χ4v) is 3.24. The van der Waals surface area contributed by atoms with Gasteiger partial charge in [-0.2, -0.15) is 10.1 Å². The molecule has 1 aliphatic heterocycles. The maximum atomic E-state index is 12.4. The lowest BCUT2D eigenvalue weighted by Gasteiger charge is -2.36. The Labute approximate surface area is 140 Å². The fourth-order valence-electron chi connectivity index (χ4n) is 3.02. The first-order valence-corrected chi connectivity index (χ1v) is 8.05. The summed E-state index contributed by atoms with van der Waals surface area (Å²) in [5.41, 5.74) is 1.72. The number of hydrogen-bond acceptors (Lipinski definition) is 4. The van der Waals surface area contributed by atoms with Crippen LogP contribution >= 0.6 is 11.6 Å². The first-order chi connectivity index (χ1) is 11.0. The van der Waals surface area contributed by atoms with Crippen LogP contribution < -0.4 is 10.2 Å². The van der Waals surface area contributed by atoms with E-state index in [-0.39, 0.29) is 18.5 Å². The summed E-state index contributed by atoms with van der Waals surface area (Å²) in [4.78, 5) is 18.7. The van der Waals surface area contributed by atoms with Gasteiger partial charge in [0.2, 0.25) is 11.9 Å². The molecule has 0 bridgehead atoms. The second kappa shape index (κ2) is 6.20. The van der Waals surface area contributed by atoms with E-state index in [0.29, 0.717) is 11.1 Å². The molecule has 0 fully saturated rings. The minimum Gasteiger partial charge on any atom is -0.329 e. The number of aromatic nitrogens is 3. The molecule has 1 amide bonds. The Balaban J connectivity index is 1.74. The van der Waals surface area contributed by atoms with Crippen molar-refractivity contribution in [3.8, 4) is 0 Å². The molecule has 1 aromatic heterocycles. The monoisotopic (exact) mass is 333 g/mol. The Kier molecular flexibility index (Phi) is 4.26. The molecule has 0 spiro atoms. The number of carbonyl (C=O) groups is 1. The van der Waals surface area contributed by atoms with Crippen molar-refractivity contribution in [1.29, 1.82) is 0 Å². The van der Waals surface area contributed by atoms with Crippen LogP contribution in [0.4, 0.5) is 11.6 Å². The molecule has 7 heteroatoms. The minimum atomic E-state index is -0.0774.